The number of hydrogen-bond acceptors (Lipinski definition) is 4. The summed E-state index contributed by atoms with van der Waals surface area (Å²) in [6, 6.07) is 16.7. The van der Waals surface area contributed by atoms with Crippen molar-refractivity contribution < 1.29 is 0 Å². The van der Waals surface area contributed by atoms with E-state index in [-0.39, 0.29) is 6.04 Å². The third-order valence-electron chi connectivity index (χ3n) is 3.54. The Morgan fingerprint density at radius 2 is 1.91 bits per heavy atom. The van der Waals surface area contributed by atoms with Crippen molar-refractivity contribution in [3.05, 3.63) is 66.1 Å². The Bertz CT molecular complexity index is 711. The third kappa shape index (κ3) is 3.67. The van der Waals surface area contributed by atoms with Crippen molar-refractivity contribution in [1.82, 2.24) is 19.9 Å². The first kappa shape index (κ1) is 15.1. The second kappa shape index (κ2) is 7.42. The van der Waals surface area contributed by atoms with Crippen molar-refractivity contribution in [3.63, 3.8) is 0 Å². The van der Waals surface area contributed by atoms with Crippen LogP contribution < -0.4 is 5.32 Å². The number of fused-ring (bicyclic) bond motifs is 1. The highest BCUT2D eigenvalue weighted by atomic mass is 32.2. The third-order valence-corrected chi connectivity index (χ3v) is 4.57. The van der Waals surface area contributed by atoms with Crippen LogP contribution in [0.1, 0.15) is 24.4 Å². The van der Waals surface area contributed by atoms with E-state index in [1.165, 1.54) is 5.56 Å². The largest absolute Gasteiger partial charge is 0.307 e. The summed E-state index contributed by atoms with van der Waals surface area (Å²) in [5.41, 5.74) is 2.27. The lowest BCUT2D eigenvalue weighted by Gasteiger charge is -2.12. The lowest BCUT2D eigenvalue weighted by molar-refractivity contribution is 0.563. The standard InChI is InChI=1S/C17H20N4S/c1-14(17-20-19-16-9-5-6-11-21(16)17)18-10-12-22-13-15-7-3-2-4-8-15/h2-9,11,14,18H,10,12-13H2,1H3/t14-/m0/s1. The molecule has 114 valence electrons. The molecule has 0 fully saturated rings. The number of thioether (sulfide) groups is 1. The molecule has 1 N–H and O–H groups in total. The molecule has 1 atom stereocenters. The summed E-state index contributed by atoms with van der Waals surface area (Å²) in [5, 5.41) is 12.0. The summed E-state index contributed by atoms with van der Waals surface area (Å²) in [6.45, 7) is 3.09. The van der Waals surface area contributed by atoms with Gasteiger partial charge in [0.1, 0.15) is 0 Å². The zero-order valence-electron chi connectivity index (χ0n) is 12.6. The maximum absolute atomic E-state index is 4.29. The van der Waals surface area contributed by atoms with Gasteiger partial charge in [-0.25, -0.2) is 0 Å². The van der Waals surface area contributed by atoms with Crippen molar-refractivity contribution in [2.24, 2.45) is 0 Å². The van der Waals surface area contributed by atoms with Crippen molar-refractivity contribution in [3.8, 4) is 0 Å². The Balaban J connectivity index is 1.45. The molecule has 2 heterocycles. The molecule has 0 bridgehead atoms. The summed E-state index contributed by atoms with van der Waals surface area (Å²) >= 11 is 1.94. The Kier molecular flexibility index (Phi) is 5.08. The van der Waals surface area contributed by atoms with E-state index in [9.17, 15) is 0 Å². The fourth-order valence-electron chi connectivity index (χ4n) is 2.36. The highest BCUT2D eigenvalue weighted by molar-refractivity contribution is 7.98. The summed E-state index contributed by atoms with van der Waals surface area (Å²) in [5.74, 6) is 3.10. The van der Waals surface area contributed by atoms with Crippen molar-refractivity contribution in [2.45, 2.75) is 18.7 Å². The van der Waals surface area contributed by atoms with E-state index in [0.29, 0.717) is 0 Å². The van der Waals surface area contributed by atoms with E-state index in [1.54, 1.807) is 0 Å². The second-order valence-electron chi connectivity index (χ2n) is 5.20. The smallest absolute Gasteiger partial charge is 0.160 e. The van der Waals surface area contributed by atoms with Crippen molar-refractivity contribution in [2.75, 3.05) is 12.3 Å². The van der Waals surface area contributed by atoms with Gasteiger partial charge in [-0.2, -0.15) is 11.8 Å². The summed E-state index contributed by atoms with van der Waals surface area (Å²) in [6.07, 6.45) is 2.01. The van der Waals surface area contributed by atoms with Crippen molar-refractivity contribution in [1.29, 1.82) is 0 Å². The van der Waals surface area contributed by atoms with Crippen LogP contribution in [0.25, 0.3) is 5.65 Å². The molecule has 3 rings (SSSR count). The van der Waals surface area contributed by atoms with Gasteiger partial charge in [-0.15, -0.1) is 10.2 Å². The Hall–Kier alpha value is -1.85. The molecule has 2 aromatic heterocycles. The zero-order chi connectivity index (χ0) is 15.2. The molecular weight excluding hydrogens is 292 g/mol. The molecule has 0 spiro atoms. The van der Waals surface area contributed by atoms with Gasteiger partial charge in [0.05, 0.1) is 6.04 Å². The summed E-state index contributed by atoms with van der Waals surface area (Å²) < 4.78 is 2.04. The molecule has 3 aromatic rings. The average Bonchev–Trinajstić information content (AvgIpc) is 2.99. The van der Waals surface area contributed by atoms with Gasteiger partial charge in [-0.05, 0) is 24.6 Å². The number of aromatic nitrogens is 3. The number of nitrogens with zero attached hydrogens (tertiary/aromatic N) is 3. The van der Waals surface area contributed by atoms with Crippen LogP contribution in [0.3, 0.4) is 0 Å². The molecule has 0 unspecified atom stereocenters. The van der Waals surface area contributed by atoms with E-state index >= 15 is 0 Å². The molecule has 0 amide bonds. The average molecular weight is 312 g/mol. The Morgan fingerprint density at radius 1 is 1.09 bits per heavy atom. The number of hydrogen-bond donors (Lipinski definition) is 1. The number of pyridine rings is 1. The Morgan fingerprint density at radius 3 is 2.77 bits per heavy atom. The van der Waals surface area contributed by atoms with Crippen LogP contribution in [-0.2, 0) is 5.75 Å². The molecule has 1 aromatic carbocycles. The van der Waals surface area contributed by atoms with Crippen LogP contribution in [0, 0.1) is 0 Å². The molecular formula is C17H20N4S. The minimum Gasteiger partial charge on any atom is -0.307 e. The molecule has 0 aliphatic carbocycles. The summed E-state index contributed by atoms with van der Waals surface area (Å²) in [4.78, 5) is 0. The van der Waals surface area contributed by atoms with E-state index in [1.807, 2.05) is 40.6 Å². The maximum Gasteiger partial charge on any atom is 0.160 e. The van der Waals surface area contributed by atoms with Gasteiger partial charge in [0.15, 0.2) is 11.5 Å². The number of rotatable bonds is 7. The number of nitrogens with one attached hydrogen (secondary N) is 1. The van der Waals surface area contributed by atoms with Crippen LogP contribution in [0.2, 0.25) is 0 Å². The summed E-state index contributed by atoms with van der Waals surface area (Å²) in [7, 11) is 0. The second-order valence-corrected chi connectivity index (χ2v) is 6.31. The highest BCUT2D eigenvalue weighted by Gasteiger charge is 2.11. The van der Waals surface area contributed by atoms with Crippen LogP contribution >= 0.6 is 11.8 Å². The van der Waals surface area contributed by atoms with E-state index < -0.39 is 0 Å². The quantitative estimate of drug-likeness (QED) is 0.680. The lowest BCUT2D eigenvalue weighted by Crippen LogP contribution is -2.23. The normalized spacial score (nSPS) is 12.6. The van der Waals surface area contributed by atoms with E-state index in [2.05, 4.69) is 52.8 Å². The first-order valence-electron chi connectivity index (χ1n) is 7.49. The fourth-order valence-corrected chi connectivity index (χ4v) is 3.19. The monoisotopic (exact) mass is 312 g/mol. The van der Waals surface area contributed by atoms with Gasteiger partial charge >= 0.3 is 0 Å². The van der Waals surface area contributed by atoms with Crippen LogP contribution in [0.4, 0.5) is 0 Å². The fraction of sp³-hybridized carbons (Fsp3) is 0.294. The first-order valence-corrected chi connectivity index (χ1v) is 8.65. The molecule has 0 saturated heterocycles. The van der Waals surface area contributed by atoms with Gasteiger partial charge in [0.2, 0.25) is 0 Å². The van der Waals surface area contributed by atoms with E-state index in [0.717, 1.165) is 29.5 Å². The van der Waals surface area contributed by atoms with Gasteiger partial charge in [-0.3, -0.25) is 4.40 Å². The predicted octanol–water partition coefficient (Wildman–Crippen LogP) is 3.31. The van der Waals surface area contributed by atoms with Crippen molar-refractivity contribution >= 4 is 17.4 Å². The van der Waals surface area contributed by atoms with Crippen LogP contribution in [0.5, 0.6) is 0 Å². The topological polar surface area (TPSA) is 42.2 Å². The molecule has 5 heteroatoms. The van der Waals surface area contributed by atoms with E-state index in [4.69, 9.17) is 0 Å². The molecule has 0 radical (unpaired) electrons. The van der Waals surface area contributed by atoms with Crippen LogP contribution in [-0.4, -0.2) is 26.9 Å². The minimum atomic E-state index is 0.190. The van der Waals surface area contributed by atoms with Gasteiger partial charge < -0.3 is 5.32 Å². The highest BCUT2D eigenvalue weighted by Crippen LogP contribution is 2.13. The zero-order valence-corrected chi connectivity index (χ0v) is 13.5. The van der Waals surface area contributed by atoms with Gasteiger partial charge in [0.25, 0.3) is 0 Å². The number of benzene rings is 1. The molecule has 22 heavy (non-hydrogen) atoms. The molecule has 0 aliphatic heterocycles. The lowest BCUT2D eigenvalue weighted by atomic mass is 10.2. The molecule has 0 saturated carbocycles. The maximum atomic E-state index is 4.29. The Labute approximate surface area is 135 Å². The van der Waals surface area contributed by atoms with Gasteiger partial charge in [0, 0.05) is 24.2 Å². The minimum absolute atomic E-state index is 0.190. The SMILES string of the molecule is C[C@H](NCCSCc1ccccc1)c1nnc2ccccn12. The molecule has 4 nitrogen and oxygen atoms in total. The molecule has 0 aliphatic rings. The predicted molar refractivity (Wildman–Crippen MR) is 92.0 cm³/mol. The first-order chi connectivity index (χ1) is 10.8. The van der Waals surface area contributed by atoms with Crippen LogP contribution in [0.15, 0.2) is 54.7 Å². The van der Waals surface area contributed by atoms with Gasteiger partial charge in [-0.1, -0.05) is 36.4 Å².